The van der Waals surface area contributed by atoms with Crippen molar-refractivity contribution in [1.29, 1.82) is 0 Å². The van der Waals surface area contributed by atoms with E-state index in [9.17, 15) is 0 Å². The number of fused-ring (bicyclic) bond motifs is 2. The molecule has 3 aromatic carbocycles. The lowest BCUT2D eigenvalue weighted by atomic mass is 9.96. The van der Waals surface area contributed by atoms with Crippen molar-refractivity contribution in [3.8, 4) is 11.1 Å². The highest BCUT2D eigenvalue weighted by atomic mass is 15.4. The van der Waals surface area contributed by atoms with Crippen molar-refractivity contribution in [1.82, 2.24) is 19.5 Å². The second-order valence-electron chi connectivity index (χ2n) is 10.5. The maximum atomic E-state index is 5.19. The number of anilines is 1. The SMILES string of the molecule is Cc1nn2c(N3CCN(C(c4ccccc4)c4ccccc4)CC3)c3c(nc2c1-c1ccccc1)CCC3. The highest BCUT2D eigenvalue weighted by molar-refractivity contribution is 5.81. The largest absolute Gasteiger partial charge is 0.354 e. The molecule has 2 aliphatic rings. The van der Waals surface area contributed by atoms with Crippen LogP contribution in [0, 0.1) is 6.92 Å². The highest BCUT2D eigenvalue weighted by Crippen LogP contribution is 2.37. The summed E-state index contributed by atoms with van der Waals surface area (Å²) in [7, 11) is 0. The van der Waals surface area contributed by atoms with Gasteiger partial charge in [0.05, 0.1) is 11.7 Å². The van der Waals surface area contributed by atoms with Crippen LogP contribution in [-0.4, -0.2) is 45.7 Å². The minimum atomic E-state index is 0.263. The molecule has 0 radical (unpaired) electrons. The second kappa shape index (κ2) is 9.73. The van der Waals surface area contributed by atoms with E-state index in [1.54, 1.807) is 0 Å². The van der Waals surface area contributed by atoms with Gasteiger partial charge in [-0.1, -0.05) is 91.0 Å². The zero-order valence-electron chi connectivity index (χ0n) is 21.9. The van der Waals surface area contributed by atoms with Crippen molar-refractivity contribution in [3.05, 3.63) is 119 Å². The Balaban J connectivity index is 1.25. The van der Waals surface area contributed by atoms with Crippen molar-refractivity contribution >= 4 is 11.5 Å². The molecule has 5 nitrogen and oxygen atoms in total. The first-order chi connectivity index (χ1) is 18.8. The van der Waals surface area contributed by atoms with Gasteiger partial charge in [-0.2, -0.15) is 9.61 Å². The van der Waals surface area contributed by atoms with Gasteiger partial charge in [0, 0.05) is 43.0 Å². The second-order valence-corrected chi connectivity index (χ2v) is 10.5. The van der Waals surface area contributed by atoms with Crippen LogP contribution in [0.15, 0.2) is 91.0 Å². The zero-order chi connectivity index (χ0) is 25.5. The monoisotopic (exact) mass is 499 g/mol. The van der Waals surface area contributed by atoms with E-state index in [0.29, 0.717) is 0 Å². The first-order valence-corrected chi connectivity index (χ1v) is 13.8. The molecule has 0 amide bonds. The van der Waals surface area contributed by atoms with Gasteiger partial charge in [0.25, 0.3) is 0 Å². The van der Waals surface area contributed by atoms with Crippen LogP contribution in [0.1, 0.15) is 40.5 Å². The molecule has 1 fully saturated rings. The van der Waals surface area contributed by atoms with Gasteiger partial charge in [-0.15, -0.1) is 0 Å². The zero-order valence-corrected chi connectivity index (χ0v) is 21.9. The maximum Gasteiger partial charge on any atom is 0.165 e. The summed E-state index contributed by atoms with van der Waals surface area (Å²) in [5, 5.41) is 5.09. The van der Waals surface area contributed by atoms with Crippen LogP contribution in [-0.2, 0) is 12.8 Å². The van der Waals surface area contributed by atoms with E-state index < -0.39 is 0 Å². The minimum Gasteiger partial charge on any atom is -0.354 e. The van der Waals surface area contributed by atoms with E-state index in [4.69, 9.17) is 10.1 Å². The summed E-state index contributed by atoms with van der Waals surface area (Å²) in [6.45, 7) is 6.06. The first-order valence-electron chi connectivity index (χ1n) is 13.8. The van der Waals surface area contributed by atoms with Crippen molar-refractivity contribution in [2.45, 2.75) is 32.2 Å². The van der Waals surface area contributed by atoms with E-state index in [0.717, 1.165) is 55.9 Å². The van der Waals surface area contributed by atoms with Gasteiger partial charge in [0.2, 0.25) is 0 Å². The third kappa shape index (κ3) is 3.98. The third-order valence-electron chi connectivity index (χ3n) is 8.21. The van der Waals surface area contributed by atoms with Gasteiger partial charge < -0.3 is 4.90 Å². The molecule has 0 saturated carbocycles. The smallest absolute Gasteiger partial charge is 0.165 e. The summed E-state index contributed by atoms with van der Waals surface area (Å²) in [6.07, 6.45) is 3.32. The Morgan fingerprint density at radius 2 is 1.32 bits per heavy atom. The normalized spacial score (nSPS) is 15.9. The summed E-state index contributed by atoms with van der Waals surface area (Å²) in [5.41, 5.74) is 9.76. The summed E-state index contributed by atoms with van der Waals surface area (Å²) in [6, 6.07) is 32.8. The standard InChI is InChI=1S/C33H33N5/c1-24-30(25-12-5-2-6-13-25)32-34-29-19-11-18-28(29)33(38(32)35-24)37-22-20-36(21-23-37)31(26-14-7-3-8-15-26)27-16-9-4-10-17-27/h2-10,12-17,31H,11,18-23H2,1H3. The van der Waals surface area contributed by atoms with E-state index in [1.165, 1.54) is 40.2 Å². The number of hydrogen-bond donors (Lipinski definition) is 0. The van der Waals surface area contributed by atoms with Crippen molar-refractivity contribution in [2.75, 3.05) is 31.1 Å². The predicted molar refractivity (Wildman–Crippen MR) is 154 cm³/mol. The quantitative estimate of drug-likeness (QED) is 0.293. The van der Waals surface area contributed by atoms with Crippen molar-refractivity contribution in [3.63, 3.8) is 0 Å². The average Bonchev–Trinajstić information content (AvgIpc) is 3.57. The average molecular weight is 500 g/mol. The molecular weight excluding hydrogens is 466 g/mol. The molecule has 0 bridgehead atoms. The molecule has 5 aromatic rings. The molecule has 1 saturated heterocycles. The van der Waals surface area contributed by atoms with E-state index in [-0.39, 0.29) is 6.04 Å². The van der Waals surface area contributed by atoms with Gasteiger partial charge in [-0.25, -0.2) is 4.98 Å². The van der Waals surface area contributed by atoms with Gasteiger partial charge in [-0.05, 0) is 42.9 Å². The van der Waals surface area contributed by atoms with E-state index in [2.05, 4.69) is 112 Å². The Kier molecular flexibility index (Phi) is 5.94. The number of aromatic nitrogens is 3. The minimum absolute atomic E-state index is 0.263. The molecule has 2 aromatic heterocycles. The van der Waals surface area contributed by atoms with Crippen LogP contribution in [0.3, 0.4) is 0 Å². The maximum absolute atomic E-state index is 5.19. The van der Waals surface area contributed by atoms with Gasteiger partial charge in [0.15, 0.2) is 5.65 Å². The lowest BCUT2D eigenvalue weighted by molar-refractivity contribution is 0.211. The molecule has 0 N–H and O–H groups in total. The Morgan fingerprint density at radius 1 is 0.711 bits per heavy atom. The molecular formula is C33H33N5. The summed E-state index contributed by atoms with van der Waals surface area (Å²) in [5.74, 6) is 1.27. The number of aryl methyl sites for hydroxylation is 2. The molecule has 0 spiro atoms. The molecule has 1 aliphatic heterocycles. The van der Waals surface area contributed by atoms with Crippen LogP contribution < -0.4 is 4.90 Å². The molecule has 7 rings (SSSR count). The summed E-state index contributed by atoms with van der Waals surface area (Å²) < 4.78 is 2.16. The fourth-order valence-electron chi connectivity index (χ4n) is 6.46. The number of benzene rings is 3. The molecule has 38 heavy (non-hydrogen) atoms. The highest BCUT2D eigenvalue weighted by Gasteiger charge is 2.31. The predicted octanol–water partition coefficient (Wildman–Crippen LogP) is 6.11. The molecule has 0 atom stereocenters. The van der Waals surface area contributed by atoms with E-state index in [1.807, 2.05) is 0 Å². The van der Waals surface area contributed by atoms with E-state index >= 15 is 0 Å². The van der Waals surface area contributed by atoms with Crippen LogP contribution in [0.25, 0.3) is 16.8 Å². The third-order valence-corrected chi connectivity index (χ3v) is 8.21. The lowest BCUT2D eigenvalue weighted by Crippen LogP contribution is -2.48. The van der Waals surface area contributed by atoms with Crippen molar-refractivity contribution < 1.29 is 0 Å². The number of nitrogens with zero attached hydrogens (tertiary/aromatic N) is 5. The van der Waals surface area contributed by atoms with Gasteiger partial charge in [0.1, 0.15) is 5.82 Å². The van der Waals surface area contributed by atoms with Crippen molar-refractivity contribution in [2.24, 2.45) is 0 Å². The molecule has 190 valence electrons. The lowest BCUT2D eigenvalue weighted by Gasteiger charge is -2.41. The summed E-state index contributed by atoms with van der Waals surface area (Å²) >= 11 is 0. The molecule has 0 unspecified atom stereocenters. The Morgan fingerprint density at radius 3 is 1.95 bits per heavy atom. The summed E-state index contributed by atoms with van der Waals surface area (Å²) in [4.78, 5) is 10.4. The van der Waals surface area contributed by atoms with Crippen LogP contribution in [0.2, 0.25) is 0 Å². The fraction of sp³-hybridized carbons (Fsp3) is 0.273. The molecule has 1 aliphatic carbocycles. The topological polar surface area (TPSA) is 36.7 Å². The fourth-order valence-corrected chi connectivity index (χ4v) is 6.46. The Labute approximate surface area is 224 Å². The van der Waals surface area contributed by atoms with Gasteiger partial charge >= 0.3 is 0 Å². The van der Waals surface area contributed by atoms with Crippen LogP contribution in [0.4, 0.5) is 5.82 Å². The van der Waals surface area contributed by atoms with Crippen LogP contribution >= 0.6 is 0 Å². The molecule has 5 heteroatoms. The van der Waals surface area contributed by atoms with Crippen LogP contribution in [0.5, 0.6) is 0 Å². The molecule has 3 heterocycles. The first kappa shape index (κ1) is 23.2. The number of piperazine rings is 1. The number of rotatable bonds is 5. The Bertz CT molecular complexity index is 1510. The van der Waals surface area contributed by atoms with Gasteiger partial charge in [-0.3, -0.25) is 4.90 Å². The number of hydrogen-bond acceptors (Lipinski definition) is 4. The Hall–Kier alpha value is -3.96.